The SMILES string of the molecule is CCC(C)(C)C(=O)N1CCc2ccccc2C1C(=O)Nc1c(C(C)C)cc(C(=O)O)cc1C(C)C. The number of aromatic carboxylic acids is 1. The highest BCUT2D eigenvalue weighted by atomic mass is 16.4. The minimum atomic E-state index is -0.994. The van der Waals surface area contributed by atoms with Crippen LogP contribution in [0, 0.1) is 5.41 Å². The van der Waals surface area contributed by atoms with E-state index in [0.29, 0.717) is 25.1 Å². The van der Waals surface area contributed by atoms with Gasteiger partial charge in [-0.1, -0.05) is 72.7 Å². The molecule has 1 aliphatic rings. The number of carboxylic acid groups (broad SMARTS) is 1. The lowest BCUT2D eigenvalue weighted by Gasteiger charge is -2.40. The van der Waals surface area contributed by atoms with E-state index in [1.54, 1.807) is 17.0 Å². The molecular weight excluding hydrogens is 440 g/mol. The zero-order valence-electron chi connectivity index (χ0n) is 21.9. The number of carbonyl (C=O) groups excluding carboxylic acids is 2. The summed E-state index contributed by atoms with van der Waals surface area (Å²) < 4.78 is 0. The molecule has 35 heavy (non-hydrogen) atoms. The number of anilines is 1. The summed E-state index contributed by atoms with van der Waals surface area (Å²) in [6, 6.07) is 10.3. The highest BCUT2D eigenvalue weighted by Crippen LogP contribution is 2.38. The molecule has 6 heteroatoms. The maximum atomic E-state index is 14.0. The smallest absolute Gasteiger partial charge is 0.335 e. The van der Waals surface area contributed by atoms with Crippen LogP contribution in [0.25, 0.3) is 0 Å². The van der Waals surface area contributed by atoms with Crippen LogP contribution < -0.4 is 5.32 Å². The molecule has 1 atom stereocenters. The molecule has 0 bridgehead atoms. The Morgan fingerprint density at radius 3 is 2.14 bits per heavy atom. The lowest BCUT2D eigenvalue weighted by Crippen LogP contribution is -2.49. The van der Waals surface area contributed by atoms with Gasteiger partial charge in [0.2, 0.25) is 5.91 Å². The lowest BCUT2D eigenvalue weighted by atomic mass is 9.84. The van der Waals surface area contributed by atoms with E-state index >= 15 is 0 Å². The Hall–Kier alpha value is -3.15. The van der Waals surface area contributed by atoms with Gasteiger partial charge in [0.25, 0.3) is 5.91 Å². The molecule has 0 radical (unpaired) electrons. The van der Waals surface area contributed by atoms with Gasteiger partial charge in [-0.15, -0.1) is 0 Å². The summed E-state index contributed by atoms with van der Waals surface area (Å²) >= 11 is 0. The number of hydrogen-bond acceptors (Lipinski definition) is 3. The van der Waals surface area contributed by atoms with Crippen LogP contribution >= 0.6 is 0 Å². The Balaban J connectivity index is 2.13. The van der Waals surface area contributed by atoms with Crippen molar-refractivity contribution in [2.75, 3.05) is 11.9 Å². The average Bonchev–Trinajstić information content (AvgIpc) is 2.82. The van der Waals surface area contributed by atoms with Crippen molar-refractivity contribution in [2.45, 2.75) is 79.2 Å². The highest BCUT2D eigenvalue weighted by molar-refractivity contribution is 6.01. The van der Waals surface area contributed by atoms with Crippen LogP contribution in [0.2, 0.25) is 0 Å². The summed E-state index contributed by atoms with van der Waals surface area (Å²) in [5.74, 6) is -1.31. The first kappa shape index (κ1) is 26.5. The van der Waals surface area contributed by atoms with E-state index in [2.05, 4.69) is 5.32 Å². The number of benzene rings is 2. The van der Waals surface area contributed by atoms with Gasteiger partial charge in [0.15, 0.2) is 0 Å². The van der Waals surface area contributed by atoms with Gasteiger partial charge < -0.3 is 15.3 Å². The fraction of sp³-hybridized carbons (Fsp3) is 0.483. The van der Waals surface area contributed by atoms with Gasteiger partial charge in [-0.2, -0.15) is 0 Å². The predicted molar refractivity (Wildman–Crippen MR) is 139 cm³/mol. The average molecular weight is 479 g/mol. The number of amides is 2. The number of nitrogens with zero attached hydrogens (tertiary/aromatic N) is 1. The van der Waals surface area contributed by atoms with Crippen LogP contribution in [0.3, 0.4) is 0 Å². The number of rotatable bonds is 7. The van der Waals surface area contributed by atoms with Gasteiger partial charge >= 0.3 is 5.97 Å². The van der Waals surface area contributed by atoms with E-state index in [1.165, 1.54) is 0 Å². The molecule has 3 rings (SSSR count). The molecule has 1 heterocycles. The Bertz CT molecular complexity index is 1100. The van der Waals surface area contributed by atoms with Gasteiger partial charge in [0.1, 0.15) is 6.04 Å². The van der Waals surface area contributed by atoms with E-state index in [0.717, 1.165) is 22.3 Å². The van der Waals surface area contributed by atoms with E-state index < -0.39 is 17.4 Å². The van der Waals surface area contributed by atoms with Gasteiger partial charge in [-0.05, 0) is 59.1 Å². The van der Waals surface area contributed by atoms with E-state index in [9.17, 15) is 19.5 Å². The first-order valence-electron chi connectivity index (χ1n) is 12.5. The second-order valence-corrected chi connectivity index (χ2v) is 10.7. The summed E-state index contributed by atoms with van der Waals surface area (Å²) in [6.07, 6.45) is 1.37. The Kier molecular flexibility index (Phi) is 7.73. The third-order valence-corrected chi connectivity index (χ3v) is 7.19. The molecule has 188 valence electrons. The number of fused-ring (bicyclic) bond motifs is 1. The van der Waals surface area contributed by atoms with Crippen molar-refractivity contribution in [3.63, 3.8) is 0 Å². The van der Waals surface area contributed by atoms with Crippen LogP contribution in [0.5, 0.6) is 0 Å². The molecule has 0 saturated heterocycles. The van der Waals surface area contributed by atoms with Gasteiger partial charge in [-0.25, -0.2) is 4.79 Å². The summed E-state index contributed by atoms with van der Waals surface area (Å²) in [4.78, 5) is 41.1. The summed E-state index contributed by atoms with van der Waals surface area (Å²) in [5, 5.41) is 12.8. The quantitative estimate of drug-likeness (QED) is 0.501. The first-order chi connectivity index (χ1) is 16.4. The molecular formula is C29H38N2O4. The molecule has 2 amide bonds. The number of hydrogen-bond donors (Lipinski definition) is 2. The number of carboxylic acids is 1. The minimum absolute atomic E-state index is 0.00231. The van der Waals surface area contributed by atoms with E-state index in [4.69, 9.17) is 0 Å². The van der Waals surface area contributed by atoms with Crippen LogP contribution in [-0.4, -0.2) is 34.3 Å². The molecule has 1 unspecified atom stereocenters. The van der Waals surface area contributed by atoms with Crippen LogP contribution in [0.4, 0.5) is 5.69 Å². The summed E-state index contributed by atoms with van der Waals surface area (Å²) in [5.41, 5.74) is 3.74. The van der Waals surface area contributed by atoms with Crippen molar-refractivity contribution in [3.8, 4) is 0 Å². The zero-order chi connectivity index (χ0) is 26.1. The first-order valence-corrected chi connectivity index (χ1v) is 12.5. The second-order valence-electron chi connectivity index (χ2n) is 10.7. The van der Waals surface area contributed by atoms with Crippen molar-refractivity contribution >= 4 is 23.5 Å². The van der Waals surface area contributed by atoms with Crippen molar-refractivity contribution in [2.24, 2.45) is 5.41 Å². The van der Waals surface area contributed by atoms with Gasteiger partial charge in [0.05, 0.1) is 5.56 Å². The van der Waals surface area contributed by atoms with Crippen molar-refractivity contribution in [1.29, 1.82) is 0 Å². The Morgan fingerprint density at radius 2 is 1.63 bits per heavy atom. The largest absolute Gasteiger partial charge is 0.478 e. The number of carbonyl (C=O) groups is 3. The summed E-state index contributed by atoms with van der Waals surface area (Å²) in [7, 11) is 0. The molecule has 6 nitrogen and oxygen atoms in total. The molecule has 0 fully saturated rings. The second kappa shape index (κ2) is 10.2. The minimum Gasteiger partial charge on any atom is -0.478 e. The van der Waals surface area contributed by atoms with Crippen molar-refractivity contribution < 1.29 is 19.5 Å². The van der Waals surface area contributed by atoms with Gasteiger partial charge in [-0.3, -0.25) is 9.59 Å². The van der Waals surface area contributed by atoms with Crippen molar-refractivity contribution in [1.82, 2.24) is 4.90 Å². The maximum absolute atomic E-state index is 14.0. The summed E-state index contributed by atoms with van der Waals surface area (Å²) in [6.45, 7) is 14.2. The third-order valence-electron chi connectivity index (χ3n) is 7.19. The Labute approximate surface area is 208 Å². The van der Waals surface area contributed by atoms with E-state index in [-0.39, 0.29) is 29.2 Å². The molecule has 2 N–H and O–H groups in total. The molecule has 0 aliphatic carbocycles. The van der Waals surface area contributed by atoms with E-state index in [1.807, 2.05) is 72.7 Å². The lowest BCUT2D eigenvalue weighted by molar-refractivity contribution is -0.147. The fourth-order valence-corrected chi connectivity index (χ4v) is 4.67. The normalized spacial score (nSPS) is 15.8. The maximum Gasteiger partial charge on any atom is 0.335 e. The number of nitrogens with one attached hydrogen (secondary N) is 1. The van der Waals surface area contributed by atoms with Crippen molar-refractivity contribution in [3.05, 3.63) is 64.2 Å². The topological polar surface area (TPSA) is 86.7 Å². The molecule has 0 spiro atoms. The van der Waals surface area contributed by atoms with Crippen LogP contribution in [-0.2, 0) is 16.0 Å². The molecule has 1 aliphatic heterocycles. The molecule has 2 aromatic carbocycles. The molecule has 0 saturated carbocycles. The zero-order valence-corrected chi connectivity index (χ0v) is 21.9. The highest BCUT2D eigenvalue weighted by Gasteiger charge is 2.41. The van der Waals surface area contributed by atoms with Crippen LogP contribution in [0.1, 0.15) is 105 Å². The standard InChI is InChI=1S/C29H38N2O4/c1-8-29(6,7)28(35)31-14-13-19-11-9-10-12-21(19)25(31)26(32)30-24-22(17(2)3)15-20(27(33)34)16-23(24)18(4)5/h9-12,15-18,25H,8,13-14H2,1-7H3,(H,30,32)(H,33,34). The third kappa shape index (κ3) is 5.26. The van der Waals surface area contributed by atoms with Crippen LogP contribution in [0.15, 0.2) is 36.4 Å². The molecule has 0 aromatic heterocycles. The van der Waals surface area contributed by atoms with Gasteiger partial charge in [0, 0.05) is 17.6 Å². The fourth-order valence-electron chi connectivity index (χ4n) is 4.67. The predicted octanol–water partition coefficient (Wildman–Crippen LogP) is 6.13. The monoisotopic (exact) mass is 478 g/mol. The Morgan fingerprint density at radius 1 is 1.06 bits per heavy atom. The molecule has 2 aromatic rings.